The molecule has 2 bridgehead atoms. The molecular formula is C26H29F2N5O5. The number of benzene rings is 1. The van der Waals surface area contributed by atoms with Crippen LogP contribution in [0.2, 0.25) is 0 Å². The third-order valence-corrected chi connectivity index (χ3v) is 7.21. The van der Waals surface area contributed by atoms with E-state index in [0.717, 1.165) is 12.1 Å². The number of amides is 3. The van der Waals surface area contributed by atoms with Crippen molar-refractivity contribution in [1.82, 2.24) is 25.0 Å². The number of likely N-dealkylation sites (tertiary alicyclic amines) is 1. The van der Waals surface area contributed by atoms with E-state index in [-0.39, 0.29) is 61.5 Å². The summed E-state index contributed by atoms with van der Waals surface area (Å²) < 4.78 is 38.4. The van der Waals surface area contributed by atoms with E-state index in [2.05, 4.69) is 10.3 Å². The van der Waals surface area contributed by atoms with Crippen LogP contribution in [-0.4, -0.2) is 102 Å². The Bertz CT molecular complexity index is 1230. The summed E-state index contributed by atoms with van der Waals surface area (Å²) in [5.74, 6) is -2.49. The predicted octanol–water partition coefficient (Wildman–Crippen LogP) is 0.811. The molecule has 2 fully saturated rings. The van der Waals surface area contributed by atoms with E-state index in [1.807, 2.05) is 4.90 Å². The van der Waals surface area contributed by atoms with Crippen molar-refractivity contribution in [1.29, 1.82) is 0 Å². The van der Waals surface area contributed by atoms with Crippen LogP contribution in [-0.2, 0) is 20.9 Å². The highest BCUT2D eigenvalue weighted by atomic mass is 19.2. The lowest BCUT2D eigenvalue weighted by molar-refractivity contribution is -0.148. The standard InChI is InChI=1S/C26H29F2N5O5/c1-37-15-23(34)31-7-8-33-18(13-31)14-38-25-19(3-2-6-29-25)24(35)30-17-10-22(26(33)36)32(12-17)11-16-4-5-20(27)21(28)9-16/h2-6,9,17-18,22H,7-8,10-15H2,1H3,(H,30,35)/t17-,18+,22+/m1/s1. The van der Waals surface area contributed by atoms with Gasteiger partial charge in [-0.15, -0.1) is 0 Å². The van der Waals surface area contributed by atoms with Crippen LogP contribution < -0.4 is 10.1 Å². The fraction of sp³-hybridized carbons (Fsp3) is 0.462. The van der Waals surface area contributed by atoms with Crippen LogP contribution in [0.1, 0.15) is 22.3 Å². The third kappa shape index (κ3) is 5.32. The number of carbonyl (C=O) groups excluding carboxylic acids is 3. The smallest absolute Gasteiger partial charge is 0.257 e. The number of nitrogens with one attached hydrogen (secondary N) is 1. The highest BCUT2D eigenvalue weighted by Crippen LogP contribution is 2.27. The number of fused-ring (bicyclic) bond motifs is 4. The number of hydrogen-bond acceptors (Lipinski definition) is 7. The Morgan fingerprint density at radius 3 is 2.82 bits per heavy atom. The van der Waals surface area contributed by atoms with Gasteiger partial charge in [0.2, 0.25) is 17.7 Å². The lowest BCUT2D eigenvalue weighted by atomic mass is 10.1. The fourth-order valence-corrected chi connectivity index (χ4v) is 5.35. The second-order valence-corrected chi connectivity index (χ2v) is 9.73. The number of aromatic nitrogens is 1. The zero-order chi connectivity index (χ0) is 26.8. The topological polar surface area (TPSA) is 104 Å². The number of halogens is 2. The van der Waals surface area contributed by atoms with Gasteiger partial charge in [0.25, 0.3) is 5.91 Å². The van der Waals surface area contributed by atoms with Gasteiger partial charge in [0.05, 0.1) is 12.1 Å². The SMILES string of the molecule is COCC(=O)N1CCN2C(=O)[C@@H]3C[C@H](CN3Cc3ccc(F)c(F)c3)NC(=O)c3cccnc3OC[C@@H]2C1. The van der Waals surface area contributed by atoms with Gasteiger partial charge in [-0.1, -0.05) is 6.07 Å². The Balaban J connectivity index is 1.46. The second-order valence-electron chi connectivity index (χ2n) is 9.73. The van der Waals surface area contributed by atoms with Crippen LogP contribution in [0.3, 0.4) is 0 Å². The maximum atomic E-state index is 13.9. The lowest BCUT2D eigenvalue weighted by Gasteiger charge is -2.43. The van der Waals surface area contributed by atoms with Crippen molar-refractivity contribution in [2.45, 2.75) is 31.1 Å². The molecule has 2 saturated heterocycles. The van der Waals surface area contributed by atoms with Gasteiger partial charge in [0, 0.05) is 52.1 Å². The number of pyridine rings is 1. The van der Waals surface area contributed by atoms with Crippen molar-refractivity contribution in [3.8, 4) is 5.88 Å². The summed E-state index contributed by atoms with van der Waals surface area (Å²) in [6, 6.07) is 5.47. The van der Waals surface area contributed by atoms with E-state index in [1.54, 1.807) is 21.9 Å². The number of piperazine rings is 1. The van der Waals surface area contributed by atoms with Gasteiger partial charge in [0.15, 0.2) is 11.6 Å². The third-order valence-electron chi connectivity index (χ3n) is 7.21. The van der Waals surface area contributed by atoms with Crippen LogP contribution in [0.4, 0.5) is 8.78 Å². The van der Waals surface area contributed by atoms with E-state index in [4.69, 9.17) is 9.47 Å². The Morgan fingerprint density at radius 1 is 1.18 bits per heavy atom. The summed E-state index contributed by atoms with van der Waals surface area (Å²) in [7, 11) is 1.45. The molecule has 3 aliphatic heterocycles. The molecule has 3 amide bonds. The first kappa shape index (κ1) is 26.0. The molecule has 1 aromatic carbocycles. The Kier molecular flexibility index (Phi) is 7.52. The predicted molar refractivity (Wildman–Crippen MR) is 130 cm³/mol. The first-order chi connectivity index (χ1) is 18.3. The molecule has 5 rings (SSSR count). The zero-order valence-corrected chi connectivity index (χ0v) is 20.9. The molecule has 202 valence electrons. The number of carbonyl (C=O) groups is 3. The van der Waals surface area contributed by atoms with Crippen LogP contribution >= 0.6 is 0 Å². The minimum absolute atomic E-state index is 0.0269. The second kappa shape index (κ2) is 11.0. The molecule has 4 heterocycles. The van der Waals surface area contributed by atoms with Crippen molar-refractivity contribution >= 4 is 17.7 Å². The number of nitrogens with zero attached hydrogens (tertiary/aromatic N) is 4. The van der Waals surface area contributed by atoms with E-state index in [9.17, 15) is 23.2 Å². The average Bonchev–Trinajstić information content (AvgIpc) is 3.30. The average molecular weight is 530 g/mol. The van der Waals surface area contributed by atoms with Gasteiger partial charge in [-0.2, -0.15) is 0 Å². The van der Waals surface area contributed by atoms with Gasteiger partial charge >= 0.3 is 0 Å². The molecule has 3 aliphatic rings. The fourth-order valence-electron chi connectivity index (χ4n) is 5.35. The monoisotopic (exact) mass is 529 g/mol. The molecule has 0 radical (unpaired) electrons. The lowest BCUT2D eigenvalue weighted by Crippen LogP contribution is -2.61. The molecule has 0 aliphatic carbocycles. The van der Waals surface area contributed by atoms with Crippen molar-refractivity contribution in [2.24, 2.45) is 0 Å². The van der Waals surface area contributed by atoms with E-state index >= 15 is 0 Å². The Hall–Kier alpha value is -3.64. The molecule has 38 heavy (non-hydrogen) atoms. The summed E-state index contributed by atoms with van der Waals surface area (Å²) in [5.41, 5.74) is 0.784. The highest BCUT2D eigenvalue weighted by molar-refractivity contribution is 5.96. The first-order valence-electron chi connectivity index (χ1n) is 12.5. The molecule has 10 nitrogen and oxygen atoms in total. The summed E-state index contributed by atoms with van der Waals surface area (Å²) in [4.78, 5) is 49.1. The minimum Gasteiger partial charge on any atom is -0.475 e. The largest absolute Gasteiger partial charge is 0.475 e. The number of methoxy groups -OCH3 is 1. The maximum absolute atomic E-state index is 13.9. The molecule has 0 saturated carbocycles. The molecule has 0 unspecified atom stereocenters. The maximum Gasteiger partial charge on any atom is 0.257 e. The van der Waals surface area contributed by atoms with E-state index in [1.165, 1.54) is 19.4 Å². The van der Waals surface area contributed by atoms with Gasteiger partial charge in [-0.25, -0.2) is 13.8 Å². The van der Waals surface area contributed by atoms with Crippen molar-refractivity contribution in [3.05, 3.63) is 59.3 Å². The van der Waals surface area contributed by atoms with Gasteiger partial charge in [-0.3, -0.25) is 19.3 Å². The van der Waals surface area contributed by atoms with Crippen molar-refractivity contribution in [2.75, 3.05) is 46.5 Å². The molecular weight excluding hydrogens is 500 g/mol. The molecule has 1 N–H and O–H groups in total. The molecule has 3 atom stereocenters. The van der Waals surface area contributed by atoms with E-state index in [0.29, 0.717) is 31.6 Å². The Morgan fingerprint density at radius 2 is 2.03 bits per heavy atom. The number of ether oxygens (including phenoxy) is 2. The van der Waals surface area contributed by atoms with Gasteiger partial charge in [0.1, 0.15) is 18.8 Å². The first-order valence-corrected chi connectivity index (χ1v) is 12.5. The van der Waals surface area contributed by atoms with E-state index < -0.39 is 23.7 Å². The molecule has 2 aromatic rings. The molecule has 1 aromatic heterocycles. The summed E-state index contributed by atoms with van der Waals surface area (Å²) in [6.07, 6.45) is 1.87. The van der Waals surface area contributed by atoms with Gasteiger partial charge < -0.3 is 24.6 Å². The van der Waals surface area contributed by atoms with Crippen LogP contribution in [0.25, 0.3) is 0 Å². The van der Waals surface area contributed by atoms with Crippen LogP contribution in [0.5, 0.6) is 5.88 Å². The minimum atomic E-state index is -0.960. The summed E-state index contributed by atoms with van der Waals surface area (Å²) in [5, 5.41) is 2.98. The quantitative estimate of drug-likeness (QED) is 0.625. The molecule has 0 spiro atoms. The Labute approximate surface area is 218 Å². The van der Waals surface area contributed by atoms with Crippen LogP contribution in [0, 0.1) is 11.6 Å². The zero-order valence-electron chi connectivity index (χ0n) is 20.9. The molecule has 12 heteroatoms. The van der Waals surface area contributed by atoms with Crippen molar-refractivity contribution in [3.63, 3.8) is 0 Å². The van der Waals surface area contributed by atoms with Gasteiger partial charge in [-0.05, 0) is 36.2 Å². The number of rotatable bonds is 4. The normalized spacial score (nSPS) is 24.0. The number of hydrogen-bond donors (Lipinski definition) is 1. The summed E-state index contributed by atoms with van der Waals surface area (Å²) >= 11 is 0. The van der Waals surface area contributed by atoms with Crippen molar-refractivity contribution < 1.29 is 32.6 Å². The summed E-state index contributed by atoms with van der Waals surface area (Å²) in [6.45, 7) is 1.37. The van der Waals surface area contributed by atoms with Crippen LogP contribution in [0.15, 0.2) is 36.5 Å². The highest BCUT2D eigenvalue weighted by Gasteiger charge is 2.43.